The molecule has 25 heavy (non-hydrogen) atoms. The molecule has 0 saturated carbocycles. The molecule has 2 atom stereocenters. The van der Waals surface area contributed by atoms with Crippen molar-refractivity contribution in [2.45, 2.75) is 36.5 Å². The SMILES string of the molecule is C[C@@H]1CCN(C(=O)C[NH+]2CCc3ccccc3C2)c2ccccc2S1. The standard InChI is InChI=1S/C21H24N2OS/c1-16-10-13-23(19-8-4-5-9-20(19)25-16)21(24)15-22-12-11-17-6-2-3-7-18(17)14-22/h2-9,16H,10-15H2,1H3/p+1/t16-/m1/s1. The lowest BCUT2D eigenvalue weighted by Crippen LogP contribution is -3.13. The maximum atomic E-state index is 13.1. The third kappa shape index (κ3) is 3.60. The maximum absolute atomic E-state index is 13.1. The van der Waals surface area contributed by atoms with Crippen LogP contribution >= 0.6 is 11.8 Å². The smallest absolute Gasteiger partial charge is 0.282 e. The third-order valence-corrected chi connectivity index (χ3v) is 6.49. The van der Waals surface area contributed by atoms with Crippen molar-refractivity contribution in [3.05, 3.63) is 59.7 Å². The number of carbonyl (C=O) groups excluding carboxylic acids is 1. The monoisotopic (exact) mass is 353 g/mol. The van der Waals surface area contributed by atoms with Gasteiger partial charge in [0, 0.05) is 28.7 Å². The topological polar surface area (TPSA) is 24.8 Å². The molecule has 1 amide bonds. The highest BCUT2D eigenvalue weighted by Gasteiger charge is 2.28. The van der Waals surface area contributed by atoms with Crippen molar-refractivity contribution in [1.82, 2.24) is 0 Å². The van der Waals surface area contributed by atoms with Crippen LogP contribution in [0.2, 0.25) is 0 Å². The zero-order valence-corrected chi connectivity index (χ0v) is 15.5. The number of carbonyl (C=O) groups is 1. The van der Waals surface area contributed by atoms with Gasteiger partial charge in [-0.2, -0.15) is 0 Å². The molecule has 0 bridgehead atoms. The van der Waals surface area contributed by atoms with Crippen LogP contribution < -0.4 is 9.80 Å². The second-order valence-corrected chi connectivity index (χ2v) is 8.58. The molecule has 0 fully saturated rings. The largest absolute Gasteiger partial charge is 0.323 e. The van der Waals surface area contributed by atoms with Gasteiger partial charge in [-0.05, 0) is 24.1 Å². The summed E-state index contributed by atoms with van der Waals surface area (Å²) in [6.45, 7) is 5.67. The third-order valence-electron chi connectivity index (χ3n) is 5.25. The first kappa shape index (κ1) is 16.7. The van der Waals surface area contributed by atoms with Gasteiger partial charge in [0.2, 0.25) is 0 Å². The molecule has 4 rings (SSSR count). The number of nitrogens with zero attached hydrogens (tertiary/aromatic N) is 1. The van der Waals surface area contributed by atoms with Crippen LogP contribution in [0, 0.1) is 0 Å². The van der Waals surface area contributed by atoms with E-state index >= 15 is 0 Å². The number of quaternary nitrogens is 1. The van der Waals surface area contributed by atoms with E-state index in [4.69, 9.17) is 0 Å². The lowest BCUT2D eigenvalue weighted by Gasteiger charge is -2.28. The quantitative estimate of drug-likeness (QED) is 0.897. The highest BCUT2D eigenvalue weighted by atomic mass is 32.2. The fourth-order valence-corrected chi connectivity index (χ4v) is 4.96. The number of anilines is 1. The Hall–Kier alpha value is -1.78. The van der Waals surface area contributed by atoms with Gasteiger partial charge in [0.25, 0.3) is 5.91 Å². The van der Waals surface area contributed by atoms with Gasteiger partial charge in [0.15, 0.2) is 6.54 Å². The van der Waals surface area contributed by atoms with E-state index in [1.54, 1.807) is 0 Å². The minimum absolute atomic E-state index is 0.261. The number of benzene rings is 2. The van der Waals surface area contributed by atoms with E-state index in [9.17, 15) is 4.79 Å². The molecular formula is C21H25N2OS+. The van der Waals surface area contributed by atoms with Gasteiger partial charge in [-0.25, -0.2) is 0 Å². The zero-order valence-electron chi connectivity index (χ0n) is 14.7. The van der Waals surface area contributed by atoms with Gasteiger partial charge < -0.3 is 9.80 Å². The molecule has 2 aliphatic rings. The molecule has 2 heterocycles. The molecular weight excluding hydrogens is 328 g/mol. The van der Waals surface area contributed by atoms with E-state index in [0.717, 1.165) is 38.2 Å². The molecule has 0 aromatic heterocycles. The molecule has 0 saturated heterocycles. The molecule has 4 heteroatoms. The number of nitrogens with one attached hydrogen (secondary N) is 1. The summed E-state index contributed by atoms with van der Waals surface area (Å²) in [6, 6.07) is 17.0. The van der Waals surface area contributed by atoms with Crippen LogP contribution in [0.4, 0.5) is 5.69 Å². The molecule has 2 aromatic carbocycles. The highest BCUT2D eigenvalue weighted by molar-refractivity contribution is 8.00. The first-order valence-corrected chi connectivity index (χ1v) is 10.0. The Morgan fingerprint density at radius 3 is 2.80 bits per heavy atom. The lowest BCUT2D eigenvalue weighted by molar-refractivity contribution is -0.907. The summed E-state index contributed by atoms with van der Waals surface area (Å²) >= 11 is 1.89. The van der Waals surface area contributed by atoms with Crippen LogP contribution in [-0.2, 0) is 17.8 Å². The second-order valence-electron chi connectivity index (χ2n) is 7.10. The van der Waals surface area contributed by atoms with Crippen LogP contribution in [0.25, 0.3) is 0 Å². The molecule has 0 radical (unpaired) electrons. The molecule has 1 N–H and O–H groups in total. The summed E-state index contributed by atoms with van der Waals surface area (Å²) < 4.78 is 0. The lowest BCUT2D eigenvalue weighted by atomic mass is 10.00. The van der Waals surface area contributed by atoms with E-state index in [2.05, 4.69) is 49.4 Å². The van der Waals surface area contributed by atoms with Crippen LogP contribution in [-0.4, -0.2) is 30.8 Å². The molecule has 2 aliphatic heterocycles. The molecule has 2 aromatic rings. The van der Waals surface area contributed by atoms with Crippen LogP contribution in [0.5, 0.6) is 0 Å². The van der Waals surface area contributed by atoms with Gasteiger partial charge in [0.1, 0.15) is 6.54 Å². The average Bonchev–Trinajstić information content (AvgIpc) is 2.80. The van der Waals surface area contributed by atoms with E-state index in [1.165, 1.54) is 20.9 Å². The van der Waals surface area contributed by atoms with Gasteiger partial charge >= 0.3 is 0 Å². The van der Waals surface area contributed by atoms with Crippen molar-refractivity contribution in [2.75, 3.05) is 24.5 Å². The van der Waals surface area contributed by atoms with Gasteiger partial charge in [-0.3, -0.25) is 4.79 Å². The van der Waals surface area contributed by atoms with Crippen LogP contribution in [0.1, 0.15) is 24.5 Å². The zero-order chi connectivity index (χ0) is 17.2. The first-order valence-electron chi connectivity index (χ1n) is 9.17. The Balaban J connectivity index is 1.50. The predicted molar refractivity (Wildman–Crippen MR) is 103 cm³/mol. The highest BCUT2D eigenvalue weighted by Crippen LogP contribution is 2.37. The number of rotatable bonds is 2. The number of hydrogen-bond acceptors (Lipinski definition) is 2. The molecule has 0 aliphatic carbocycles. The van der Waals surface area contributed by atoms with Crippen molar-refractivity contribution in [3.8, 4) is 0 Å². The Morgan fingerprint density at radius 2 is 1.92 bits per heavy atom. The predicted octanol–water partition coefficient (Wildman–Crippen LogP) is 2.55. The average molecular weight is 354 g/mol. The molecule has 0 spiro atoms. The Kier molecular flexibility index (Phi) is 4.82. The van der Waals surface area contributed by atoms with Gasteiger partial charge in [-0.15, -0.1) is 11.8 Å². The second kappa shape index (κ2) is 7.22. The summed E-state index contributed by atoms with van der Waals surface area (Å²) in [5.74, 6) is 0.261. The number of para-hydroxylation sites is 1. The fourth-order valence-electron chi connectivity index (χ4n) is 3.85. The normalized spacial score (nSPS) is 22.7. The fraction of sp³-hybridized carbons (Fsp3) is 0.381. The summed E-state index contributed by atoms with van der Waals surface area (Å²) in [6.07, 6.45) is 2.12. The van der Waals surface area contributed by atoms with Crippen molar-refractivity contribution >= 4 is 23.4 Å². The first-order chi connectivity index (χ1) is 12.2. The molecule has 3 nitrogen and oxygen atoms in total. The van der Waals surface area contributed by atoms with E-state index in [1.807, 2.05) is 22.7 Å². The maximum Gasteiger partial charge on any atom is 0.282 e. The Morgan fingerprint density at radius 1 is 1.16 bits per heavy atom. The van der Waals surface area contributed by atoms with Crippen molar-refractivity contribution in [2.24, 2.45) is 0 Å². The van der Waals surface area contributed by atoms with Crippen LogP contribution in [0.3, 0.4) is 0 Å². The Bertz CT molecular complexity index is 776. The number of fused-ring (bicyclic) bond motifs is 2. The van der Waals surface area contributed by atoms with Gasteiger partial charge in [0.05, 0.1) is 12.2 Å². The van der Waals surface area contributed by atoms with Crippen LogP contribution in [0.15, 0.2) is 53.4 Å². The van der Waals surface area contributed by atoms with Gasteiger partial charge in [-0.1, -0.05) is 43.3 Å². The minimum Gasteiger partial charge on any atom is -0.323 e. The van der Waals surface area contributed by atoms with E-state index in [-0.39, 0.29) is 5.91 Å². The number of thioether (sulfide) groups is 1. The van der Waals surface area contributed by atoms with E-state index < -0.39 is 0 Å². The van der Waals surface area contributed by atoms with Crippen molar-refractivity contribution < 1.29 is 9.69 Å². The van der Waals surface area contributed by atoms with E-state index in [0.29, 0.717) is 11.8 Å². The number of amides is 1. The summed E-state index contributed by atoms with van der Waals surface area (Å²) in [7, 11) is 0. The summed E-state index contributed by atoms with van der Waals surface area (Å²) in [5.41, 5.74) is 3.94. The van der Waals surface area contributed by atoms with Crippen molar-refractivity contribution in [3.63, 3.8) is 0 Å². The van der Waals surface area contributed by atoms with Crippen molar-refractivity contribution in [1.29, 1.82) is 0 Å². The summed E-state index contributed by atoms with van der Waals surface area (Å²) in [5, 5.41) is 0.549. The Labute approximate surface area is 154 Å². The molecule has 1 unspecified atom stereocenters. The number of hydrogen-bond donors (Lipinski definition) is 1. The minimum atomic E-state index is 0.261. The summed E-state index contributed by atoms with van der Waals surface area (Å²) in [4.78, 5) is 17.7. The molecule has 130 valence electrons.